The van der Waals surface area contributed by atoms with Gasteiger partial charge >= 0.3 is 5.97 Å². The molecule has 0 unspecified atom stereocenters. The predicted octanol–water partition coefficient (Wildman–Crippen LogP) is 5.97. The van der Waals surface area contributed by atoms with Crippen LogP contribution in [0.4, 0.5) is 0 Å². The van der Waals surface area contributed by atoms with Crippen LogP contribution < -0.4 is 0 Å². The van der Waals surface area contributed by atoms with Crippen LogP contribution in [0.3, 0.4) is 0 Å². The Labute approximate surface area is 182 Å². The van der Waals surface area contributed by atoms with Gasteiger partial charge in [0.15, 0.2) is 16.6 Å². The minimum atomic E-state index is -1.83. The summed E-state index contributed by atoms with van der Waals surface area (Å²) in [6.07, 6.45) is 1.07. The minimum absolute atomic E-state index is 0.112. The van der Waals surface area contributed by atoms with Crippen molar-refractivity contribution in [2.75, 3.05) is 19.6 Å². The molecule has 174 valence electrons. The molecule has 0 bridgehead atoms. The van der Waals surface area contributed by atoms with Crippen LogP contribution in [-0.2, 0) is 13.6 Å². The summed E-state index contributed by atoms with van der Waals surface area (Å²) in [6.45, 7) is 29.3. The van der Waals surface area contributed by atoms with Gasteiger partial charge in [-0.05, 0) is 63.1 Å². The predicted molar refractivity (Wildman–Crippen MR) is 129 cm³/mol. The number of hydrogen-bond acceptors (Lipinski definition) is 4. The van der Waals surface area contributed by atoms with Crippen LogP contribution in [0.2, 0.25) is 36.3 Å². The van der Waals surface area contributed by atoms with Crippen molar-refractivity contribution in [1.82, 2.24) is 4.90 Å². The third-order valence-electron chi connectivity index (χ3n) is 6.50. The second-order valence-electron chi connectivity index (χ2n) is 11.6. The Kier molecular flexibility index (Phi) is 10.8. The van der Waals surface area contributed by atoms with E-state index in [-0.39, 0.29) is 28.7 Å². The van der Waals surface area contributed by atoms with E-state index in [0.717, 1.165) is 19.6 Å². The highest BCUT2D eigenvalue weighted by molar-refractivity contribution is 6.74. The van der Waals surface area contributed by atoms with E-state index in [0.29, 0.717) is 6.42 Å². The second kappa shape index (κ2) is 10.9. The molecule has 2 atom stereocenters. The number of nitrogens with zero attached hydrogens (tertiary/aromatic N) is 1. The topological polar surface area (TPSA) is 59.0 Å². The van der Waals surface area contributed by atoms with Crippen molar-refractivity contribution in [1.29, 1.82) is 0 Å². The van der Waals surface area contributed by atoms with Crippen LogP contribution >= 0.6 is 0 Å². The Morgan fingerprint density at radius 1 is 0.862 bits per heavy atom. The Morgan fingerprint density at radius 3 is 1.48 bits per heavy atom. The van der Waals surface area contributed by atoms with E-state index in [2.05, 4.69) is 86.5 Å². The summed E-state index contributed by atoms with van der Waals surface area (Å²) in [5.41, 5.74) is 0. The lowest BCUT2D eigenvalue weighted by molar-refractivity contribution is -0.137. The molecule has 0 fully saturated rings. The first-order chi connectivity index (χ1) is 12.8. The molecule has 29 heavy (non-hydrogen) atoms. The van der Waals surface area contributed by atoms with Gasteiger partial charge in [0, 0.05) is 19.5 Å². The van der Waals surface area contributed by atoms with E-state index in [4.69, 9.17) is 14.0 Å². The fourth-order valence-electron chi connectivity index (χ4n) is 2.87. The molecule has 0 aliphatic carbocycles. The summed E-state index contributed by atoms with van der Waals surface area (Å²) in [7, 11) is -3.66. The highest BCUT2D eigenvalue weighted by atomic mass is 28.4. The molecule has 0 spiro atoms. The molecule has 0 saturated carbocycles. The molecular weight excluding hydrogens is 398 g/mol. The van der Waals surface area contributed by atoms with E-state index in [1.54, 1.807) is 0 Å². The minimum Gasteiger partial charge on any atom is -0.481 e. The average Bonchev–Trinajstić information content (AvgIpc) is 2.42. The molecule has 1 N–H and O–H groups in total. The summed E-state index contributed by atoms with van der Waals surface area (Å²) in [4.78, 5) is 13.3. The van der Waals surface area contributed by atoms with E-state index in [9.17, 15) is 4.79 Å². The largest absolute Gasteiger partial charge is 0.481 e. The van der Waals surface area contributed by atoms with Crippen molar-refractivity contribution in [2.24, 2.45) is 0 Å². The molecule has 0 amide bonds. The normalized spacial score (nSPS) is 16.2. The van der Waals surface area contributed by atoms with Gasteiger partial charge in [0.05, 0.1) is 12.2 Å². The van der Waals surface area contributed by atoms with Crippen molar-refractivity contribution in [2.45, 2.75) is 117 Å². The summed E-state index contributed by atoms with van der Waals surface area (Å²) in [6, 6.07) is 0. The van der Waals surface area contributed by atoms with Gasteiger partial charge in [0.25, 0.3) is 0 Å². The van der Waals surface area contributed by atoms with E-state index in [1.807, 2.05) is 0 Å². The summed E-state index contributed by atoms with van der Waals surface area (Å²) < 4.78 is 13.1. The monoisotopic (exact) mass is 447 g/mol. The fraction of sp³-hybridized carbons (Fsp3) is 0.955. The van der Waals surface area contributed by atoms with Crippen molar-refractivity contribution in [3.63, 3.8) is 0 Å². The van der Waals surface area contributed by atoms with Gasteiger partial charge in [-0.2, -0.15) is 0 Å². The second-order valence-corrected chi connectivity index (χ2v) is 21.1. The molecule has 0 radical (unpaired) electrons. The summed E-state index contributed by atoms with van der Waals surface area (Å²) in [5, 5.41) is 9.37. The fourth-order valence-corrected chi connectivity index (χ4v) is 5.74. The molecule has 0 aromatic heterocycles. The standard InChI is InChI=1S/C22H49NO4Si2/c1-18(26-28(9,10)21(3,4)5)16-23(15-13-14-20(24)25)17-19(2)27-29(11,12)22(6,7)8/h18-19H,13-17H2,1-12H3,(H,24,25)/t18-,19-/m1/s1. The molecule has 0 saturated heterocycles. The number of rotatable bonds is 12. The third kappa shape index (κ3) is 10.6. The number of carboxylic acid groups (broad SMARTS) is 1. The molecule has 7 heteroatoms. The molecule has 0 aromatic carbocycles. The average molecular weight is 448 g/mol. The van der Waals surface area contributed by atoms with Crippen molar-refractivity contribution in [3.05, 3.63) is 0 Å². The van der Waals surface area contributed by atoms with Crippen molar-refractivity contribution < 1.29 is 18.8 Å². The molecule has 0 rings (SSSR count). The first-order valence-electron chi connectivity index (χ1n) is 11.1. The van der Waals surface area contributed by atoms with Gasteiger partial charge < -0.3 is 14.0 Å². The maximum atomic E-state index is 11.0. The van der Waals surface area contributed by atoms with E-state index < -0.39 is 22.6 Å². The van der Waals surface area contributed by atoms with Crippen LogP contribution in [0, 0.1) is 0 Å². The van der Waals surface area contributed by atoms with Gasteiger partial charge in [-0.15, -0.1) is 0 Å². The number of carbonyl (C=O) groups is 1. The molecule has 5 nitrogen and oxygen atoms in total. The maximum absolute atomic E-state index is 11.0. The van der Waals surface area contributed by atoms with Gasteiger partial charge in [-0.3, -0.25) is 9.69 Å². The Hall–Kier alpha value is -0.216. The SMILES string of the molecule is C[C@H](CN(CCCC(=O)O)C[C@@H](C)O[Si](C)(C)C(C)(C)C)O[Si](C)(C)C(C)(C)C. The lowest BCUT2D eigenvalue weighted by Crippen LogP contribution is -2.49. The molecule has 0 heterocycles. The van der Waals surface area contributed by atoms with Gasteiger partial charge in [-0.25, -0.2) is 0 Å². The maximum Gasteiger partial charge on any atom is 0.303 e. The first-order valence-corrected chi connectivity index (χ1v) is 16.9. The highest BCUT2D eigenvalue weighted by Crippen LogP contribution is 2.38. The van der Waals surface area contributed by atoms with Crippen molar-refractivity contribution >= 4 is 22.6 Å². The van der Waals surface area contributed by atoms with Gasteiger partial charge in [-0.1, -0.05) is 41.5 Å². The first kappa shape index (κ1) is 28.8. The van der Waals surface area contributed by atoms with Gasteiger partial charge in [0.1, 0.15) is 0 Å². The molecular formula is C22H49NO4Si2. The van der Waals surface area contributed by atoms with Crippen LogP contribution in [0.25, 0.3) is 0 Å². The smallest absolute Gasteiger partial charge is 0.303 e. The number of aliphatic carboxylic acids is 1. The zero-order valence-corrected chi connectivity index (χ0v) is 23.3. The summed E-state index contributed by atoms with van der Waals surface area (Å²) >= 11 is 0. The lowest BCUT2D eigenvalue weighted by Gasteiger charge is -2.41. The Balaban J connectivity index is 5.08. The van der Waals surface area contributed by atoms with E-state index in [1.165, 1.54) is 0 Å². The lowest BCUT2D eigenvalue weighted by atomic mass is 10.2. The van der Waals surface area contributed by atoms with Crippen LogP contribution in [0.15, 0.2) is 0 Å². The van der Waals surface area contributed by atoms with E-state index >= 15 is 0 Å². The zero-order chi connectivity index (χ0) is 23.3. The molecule has 0 aromatic rings. The molecule has 0 aliphatic rings. The van der Waals surface area contributed by atoms with Gasteiger partial charge in [0.2, 0.25) is 0 Å². The van der Waals surface area contributed by atoms with Crippen LogP contribution in [0.1, 0.15) is 68.2 Å². The third-order valence-corrected chi connectivity index (χ3v) is 15.7. The van der Waals surface area contributed by atoms with Crippen LogP contribution in [-0.4, -0.2) is 64.5 Å². The zero-order valence-electron chi connectivity index (χ0n) is 21.3. The molecule has 0 aliphatic heterocycles. The van der Waals surface area contributed by atoms with Crippen LogP contribution in [0.5, 0.6) is 0 Å². The quantitative estimate of drug-likeness (QED) is 0.373. The Bertz CT molecular complexity index is 474. The van der Waals surface area contributed by atoms with Crippen molar-refractivity contribution in [3.8, 4) is 0 Å². The number of hydrogen-bond donors (Lipinski definition) is 1. The Morgan fingerprint density at radius 2 is 1.21 bits per heavy atom. The number of carboxylic acids is 1. The summed E-state index contributed by atoms with van der Waals surface area (Å²) in [5.74, 6) is -0.735. The highest BCUT2D eigenvalue weighted by Gasteiger charge is 2.40.